The van der Waals surface area contributed by atoms with E-state index in [2.05, 4.69) is 5.32 Å². The summed E-state index contributed by atoms with van der Waals surface area (Å²) in [6, 6.07) is 14.1. The van der Waals surface area contributed by atoms with Gasteiger partial charge in [-0.15, -0.1) is 0 Å². The molecule has 1 fully saturated rings. The van der Waals surface area contributed by atoms with Crippen molar-refractivity contribution < 1.29 is 28.8 Å². The Morgan fingerprint density at radius 2 is 2.07 bits per heavy atom. The van der Waals surface area contributed by atoms with Crippen LogP contribution in [0.25, 0.3) is 0 Å². The van der Waals surface area contributed by atoms with Crippen molar-refractivity contribution in [2.45, 2.75) is 30.6 Å². The van der Waals surface area contributed by atoms with Crippen molar-refractivity contribution >= 4 is 14.0 Å². The Morgan fingerprint density at radius 1 is 1.34 bits per heavy atom. The number of methoxy groups -OCH3 is 1. The van der Waals surface area contributed by atoms with Gasteiger partial charge in [-0.25, -0.2) is 4.79 Å². The highest BCUT2D eigenvalue weighted by molar-refractivity contribution is 7.39. The quantitative estimate of drug-likeness (QED) is 0.594. The number of hydrogen-bond donors (Lipinski definition) is 3. The van der Waals surface area contributed by atoms with Gasteiger partial charge in [0, 0.05) is 13.0 Å². The summed E-state index contributed by atoms with van der Waals surface area (Å²) < 4.78 is 23.2. The zero-order valence-corrected chi connectivity index (χ0v) is 17.3. The van der Waals surface area contributed by atoms with Crippen molar-refractivity contribution in [3.63, 3.8) is 0 Å². The van der Waals surface area contributed by atoms with Crippen LogP contribution in [0.3, 0.4) is 0 Å². The second-order valence-corrected chi connectivity index (χ2v) is 8.64. The van der Waals surface area contributed by atoms with E-state index in [4.69, 9.17) is 9.47 Å². The Kier molecular flexibility index (Phi) is 6.65. The minimum Gasteiger partial charge on any atom is -0.497 e. The van der Waals surface area contributed by atoms with Gasteiger partial charge in [0.1, 0.15) is 11.9 Å². The van der Waals surface area contributed by atoms with Gasteiger partial charge in [0.05, 0.1) is 24.8 Å². The molecule has 7 nitrogen and oxygen atoms in total. The van der Waals surface area contributed by atoms with E-state index in [0.717, 1.165) is 16.9 Å². The molecule has 3 N–H and O–H groups in total. The average Bonchev–Trinajstić information content (AvgIpc) is 2.73. The highest BCUT2D eigenvalue weighted by atomic mass is 31.1. The molecule has 0 spiro atoms. The maximum atomic E-state index is 12.0. The van der Waals surface area contributed by atoms with E-state index in [9.17, 15) is 19.4 Å². The van der Waals surface area contributed by atoms with Crippen LogP contribution in [0.15, 0.2) is 48.5 Å². The van der Waals surface area contributed by atoms with E-state index in [1.54, 1.807) is 25.3 Å². The molecule has 1 aliphatic heterocycles. The Labute approximate surface area is 170 Å². The summed E-state index contributed by atoms with van der Waals surface area (Å²) in [5, 5.41) is 12.6. The third-order valence-corrected chi connectivity index (χ3v) is 6.43. The van der Waals surface area contributed by atoms with Crippen LogP contribution >= 0.6 is 8.03 Å². The molecule has 0 aliphatic carbocycles. The zero-order chi connectivity index (χ0) is 21.0. The van der Waals surface area contributed by atoms with Crippen LogP contribution in [0.4, 0.5) is 0 Å². The molecule has 0 aromatic heterocycles. The third kappa shape index (κ3) is 5.00. The molecule has 154 valence electrons. The lowest BCUT2D eigenvalue weighted by molar-refractivity contribution is -0.0313. The van der Waals surface area contributed by atoms with Crippen LogP contribution in [0.5, 0.6) is 5.75 Å². The average molecular weight is 418 g/mol. The smallest absolute Gasteiger partial charge is 0.497 e. The fourth-order valence-corrected chi connectivity index (χ4v) is 4.34. The molecule has 1 saturated heterocycles. The van der Waals surface area contributed by atoms with Gasteiger partial charge in [-0.2, -0.15) is 4.89 Å². The zero-order valence-electron chi connectivity index (χ0n) is 16.4. The molecule has 3 rings (SSSR count). The Bertz CT molecular complexity index is 877. The number of ether oxygens (including phenoxy) is 2. The number of aromatic carboxylic acids is 1. The standard InChI is InChI=1S/C21H24NO6P/c1-21(16-5-3-4-15(11-16)20(23)24)13-28-18(12-22-21)19(29(25)26)10-14-6-8-17(27-2)9-7-14/h3-9,11,18-19,22H,10,12-13H2,1-2H3,(H-,23,24,25,26)/p+1/t18-,19?,21-/m0/s1. The number of hydrogen-bond acceptors (Lipinski definition) is 5. The first kappa shape index (κ1) is 21.4. The monoisotopic (exact) mass is 418 g/mol. The molecule has 1 heterocycles. The van der Waals surface area contributed by atoms with Gasteiger partial charge in [-0.3, -0.25) is 0 Å². The molecule has 2 unspecified atom stereocenters. The summed E-state index contributed by atoms with van der Waals surface area (Å²) in [6.45, 7) is 2.58. The van der Waals surface area contributed by atoms with Crippen LogP contribution in [-0.4, -0.2) is 48.0 Å². The summed E-state index contributed by atoms with van der Waals surface area (Å²) in [7, 11) is -0.854. The lowest BCUT2D eigenvalue weighted by Gasteiger charge is -2.39. The van der Waals surface area contributed by atoms with Crippen molar-refractivity contribution in [3.8, 4) is 5.75 Å². The lowest BCUT2D eigenvalue weighted by Crippen LogP contribution is -2.55. The largest absolute Gasteiger partial charge is 0.511 e. The Hall–Kier alpha value is -2.31. The fraction of sp³-hybridized carbons (Fsp3) is 0.381. The molecule has 0 bridgehead atoms. The lowest BCUT2D eigenvalue weighted by atomic mass is 9.89. The minimum absolute atomic E-state index is 0.212. The fourth-order valence-electron chi connectivity index (χ4n) is 3.49. The summed E-state index contributed by atoms with van der Waals surface area (Å²) in [5.74, 6) is -0.254. The molecule has 8 heteroatoms. The molecule has 4 atom stereocenters. The first-order chi connectivity index (χ1) is 13.8. The molecule has 2 aromatic carbocycles. The van der Waals surface area contributed by atoms with E-state index < -0.39 is 31.3 Å². The number of morpholine rings is 1. The maximum Gasteiger partial charge on any atom is 0.511 e. The van der Waals surface area contributed by atoms with E-state index >= 15 is 0 Å². The summed E-state index contributed by atoms with van der Waals surface area (Å²) >= 11 is 0. The van der Waals surface area contributed by atoms with Crippen molar-refractivity contribution in [2.75, 3.05) is 20.3 Å². The summed E-state index contributed by atoms with van der Waals surface area (Å²) in [4.78, 5) is 21.1. The molecule has 0 radical (unpaired) electrons. The Balaban J connectivity index is 1.70. The second-order valence-electron chi connectivity index (χ2n) is 7.37. The van der Waals surface area contributed by atoms with Gasteiger partial charge in [-0.05, 0) is 46.9 Å². The van der Waals surface area contributed by atoms with E-state index in [1.807, 2.05) is 37.3 Å². The molecule has 2 aromatic rings. The maximum absolute atomic E-state index is 12.0. The van der Waals surface area contributed by atoms with E-state index in [1.165, 1.54) is 0 Å². The summed E-state index contributed by atoms with van der Waals surface area (Å²) in [5.41, 5.74) is 0.813. The molecule has 0 amide bonds. The molecular formula is C21H25NO6P+. The number of carboxylic acids is 1. The van der Waals surface area contributed by atoms with Gasteiger partial charge in [-0.1, -0.05) is 24.3 Å². The highest BCUT2D eigenvalue weighted by Crippen LogP contribution is 2.34. The molecule has 1 aliphatic rings. The van der Waals surface area contributed by atoms with Crippen molar-refractivity contribution in [1.29, 1.82) is 0 Å². The number of nitrogens with one attached hydrogen (secondary N) is 1. The molecular weight excluding hydrogens is 393 g/mol. The van der Waals surface area contributed by atoms with Crippen molar-refractivity contribution in [2.24, 2.45) is 0 Å². The van der Waals surface area contributed by atoms with Crippen LogP contribution < -0.4 is 10.1 Å². The van der Waals surface area contributed by atoms with Crippen LogP contribution in [0.1, 0.15) is 28.4 Å². The normalized spacial score (nSPS) is 23.3. The molecule has 29 heavy (non-hydrogen) atoms. The van der Waals surface area contributed by atoms with Crippen LogP contribution in [0, 0.1) is 0 Å². The Morgan fingerprint density at radius 3 is 2.62 bits per heavy atom. The predicted molar refractivity (Wildman–Crippen MR) is 109 cm³/mol. The van der Waals surface area contributed by atoms with Gasteiger partial charge < -0.3 is 19.9 Å². The highest BCUT2D eigenvalue weighted by Gasteiger charge is 2.43. The molecule has 0 saturated carbocycles. The first-order valence-electron chi connectivity index (χ1n) is 9.31. The SMILES string of the molecule is COc1ccc(CC([C@@H]2CN[C@](C)(c3cccc(C(=O)O)c3)CO2)[P+](=O)O)cc1. The van der Waals surface area contributed by atoms with E-state index in [-0.39, 0.29) is 12.2 Å². The number of carbonyl (C=O) groups is 1. The van der Waals surface area contributed by atoms with Crippen LogP contribution in [0.2, 0.25) is 0 Å². The van der Waals surface area contributed by atoms with Crippen LogP contribution in [-0.2, 0) is 21.3 Å². The topological polar surface area (TPSA) is 105 Å². The number of benzene rings is 2. The van der Waals surface area contributed by atoms with Gasteiger partial charge in [0.15, 0.2) is 0 Å². The second kappa shape index (κ2) is 9.01. The third-order valence-electron chi connectivity index (χ3n) is 5.34. The van der Waals surface area contributed by atoms with Crippen molar-refractivity contribution in [3.05, 3.63) is 65.2 Å². The van der Waals surface area contributed by atoms with Crippen molar-refractivity contribution in [1.82, 2.24) is 5.32 Å². The summed E-state index contributed by atoms with van der Waals surface area (Å²) in [6.07, 6.45) is -0.0192. The van der Waals surface area contributed by atoms with Gasteiger partial charge in [0.2, 0.25) is 5.66 Å². The number of carboxylic acid groups (broad SMARTS) is 1. The predicted octanol–water partition coefficient (Wildman–Crippen LogP) is 2.94. The van der Waals surface area contributed by atoms with E-state index in [0.29, 0.717) is 13.0 Å². The first-order valence-corrected chi connectivity index (χ1v) is 10.6. The van der Waals surface area contributed by atoms with Gasteiger partial charge in [0.25, 0.3) is 0 Å². The van der Waals surface area contributed by atoms with Gasteiger partial charge >= 0.3 is 14.0 Å². The number of rotatable bonds is 7. The minimum atomic E-state index is -2.44.